The summed E-state index contributed by atoms with van der Waals surface area (Å²) in [5.74, 6) is -0.265. The second-order valence-corrected chi connectivity index (χ2v) is 4.97. The molecule has 1 aliphatic rings. The molecule has 1 aromatic heterocycles. The van der Waals surface area contributed by atoms with Crippen molar-refractivity contribution in [2.75, 3.05) is 7.11 Å². The van der Waals surface area contributed by atoms with Gasteiger partial charge in [-0.2, -0.15) is 0 Å². The first-order chi connectivity index (χ1) is 9.76. The number of methoxy groups -OCH3 is 1. The van der Waals surface area contributed by atoms with E-state index in [9.17, 15) is 4.79 Å². The van der Waals surface area contributed by atoms with Gasteiger partial charge >= 0.3 is 5.97 Å². The molecule has 0 atom stereocenters. The van der Waals surface area contributed by atoms with Gasteiger partial charge in [0.25, 0.3) is 0 Å². The van der Waals surface area contributed by atoms with Crippen molar-refractivity contribution in [2.45, 2.75) is 19.3 Å². The summed E-state index contributed by atoms with van der Waals surface area (Å²) in [6.07, 6.45) is 4.26. The van der Waals surface area contributed by atoms with Crippen molar-refractivity contribution in [3.8, 4) is 11.3 Å². The number of rotatable bonds is 3. The summed E-state index contributed by atoms with van der Waals surface area (Å²) in [6, 6.07) is 8.32. The van der Waals surface area contributed by atoms with Crippen LogP contribution in [-0.4, -0.2) is 18.1 Å². The molecule has 0 radical (unpaired) electrons. The number of H-pyrrole nitrogens is 1. The second kappa shape index (κ2) is 5.00. The summed E-state index contributed by atoms with van der Waals surface area (Å²) in [6.45, 7) is 3.76. The van der Waals surface area contributed by atoms with Gasteiger partial charge in [-0.15, -0.1) is 6.58 Å². The fraction of sp³-hybridized carbons (Fsp3) is 0.235. The lowest BCUT2D eigenvalue weighted by atomic mass is 9.88. The smallest absolute Gasteiger partial charge is 0.340 e. The standard InChI is InChI=1S/C17H17NO2/c1-3-6-14-15(17(19)20-2)13-10-9-11-7-4-5-8-12(11)16(13)18-14/h3-5,7-8,18H,1,6,9-10H2,2H3. The predicted molar refractivity (Wildman–Crippen MR) is 78.9 cm³/mol. The van der Waals surface area contributed by atoms with Gasteiger partial charge in [-0.25, -0.2) is 4.79 Å². The van der Waals surface area contributed by atoms with Crippen molar-refractivity contribution in [3.63, 3.8) is 0 Å². The minimum Gasteiger partial charge on any atom is -0.465 e. The molecule has 1 aliphatic carbocycles. The Morgan fingerprint density at radius 3 is 2.95 bits per heavy atom. The van der Waals surface area contributed by atoms with E-state index in [0.29, 0.717) is 12.0 Å². The van der Waals surface area contributed by atoms with Crippen LogP contribution in [0.4, 0.5) is 0 Å². The Kier molecular flexibility index (Phi) is 3.18. The molecule has 0 bridgehead atoms. The van der Waals surface area contributed by atoms with E-state index in [1.165, 1.54) is 18.2 Å². The first-order valence-corrected chi connectivity index (χ1v) is 6.77. The van der Waals surface area contributed by atoms with Crippen molar-refractivity contribution in [1.82, 2.24) is 4.98 Å². The number of allylic oxidation sites excluding steroid dienone is 1. The van der Waals surface area contributed by atoms with Crippen LogP contribution in [0.3, 0.4) is 0 Å². The molecule has 1 N–H and O–H groups in total. The Bertz CT molecular complexity index is 682. The molecule has 3 heteroatoms. The van der Waals surface area contributed by atoms with Gasteiger partial charge in [0, 0.05) is 17.7 Å². The summed E-state index contributed by atoms with van der Waals surface area (Å²) in [5, 5.41) is 0. The average molecular weight is 267 g/mol. The summed E-state index contributed by atoms with van der Waals surface area (Å²) < 4.78 is 4.94. The Balaban J connectivity index is 2.22. The zero-order valence-electron chi connectivity index (χ0n) is 11.5. The number of aromatic nitrogens is 1. The molecule has 0 spiro atoms. The molecule has 3 nitrogen and oxygen atoms in total. The van der Waals surface area contributed by atoms with Gasteiger partial charge in [-0.1, -0.05) is 30.3 Å². The van der Waals surface area contributed by atoms with Gasteiger partial charge in [0.2, 0.25) is 0 Å². The third-order valence-corrected chi connectivity index (χ3v) is 3.85. The Morgan fingerprint density at radius 2 is 2.20 bits per heavy atom. The normalized spacial score (nSPS) is 12.4. The highest BCUT2D eigenvalue weighted by atomic mass is 16.5. The lowest BCUT2D eigenvalue weighted by molar-refractivity contribution is 0.0598. The van der Waals surface area contributed by atoms with Crippen molar-refractivity contribution < 1.29 is 9.53 Å². The predicted octanol–water partition coefficient (Wildman–Crippen LogP) is 3.30. The van der Waals surface area contributed by atoms with Crippen molar-refractivity contribution in [3.05, 3.63) is 59.3 Å². The number of fused-ring (bicyclic) bond motifs is 3. The van der Waals surface area contributed by atoms with Gasteiger partial charge in [0.15, 0.2) is 0 Å². The van der Waals surface area contributed by atoms with Crippen molar-refractivity contribution in [1.29, 1.82) is 0 Å². The Hall–Kier alpha value is -2.29. The molecule has 20 heavy (non-hydrogen) atoms. The number of nitrogens with one attached hydrogen (secondary N) is 1. The van der Waals surface area contributed by atoms with E-state index < -0.39 is 0 Å². The van der Waals surface area contributed by atoms with Crippen LogP contribution in [0.15, 0.2) is 36.9 Å². The molecule has 3 rings (SSSR count). The molecule has 1 heterocycles. The maximum absolute atomic E-state index is 12.1. The topological polar surface area (TPSA) is 42.1 Å². The molecule has 2 aromatic rings. The zero-order valence-corrected chi connectivity index (χ0v) is 11.5. The molecule has 0 aliphatic heterocycles. The molecule has 1 aromatic carbocycles. The molecule has 0 unspecified atom stereocenters. The van der Waals surface area contributed by atoms with Crippen LogP contribution >= 0.6 is 0 Å². The van der Waals surface area contributed by atoms with Gasteiger partial charge in [-0.05, 0) is 24.0 Å². The van der Waals surface area contributed by atoms with Crippen LogP contribution in [0.5, 0.6) is 0 Å². The van der Waals surface area contributed by atoms with E-state index in [2.05, 4.69) is 29.8 Å². The Labute approximate surface area is 118 Å². The molecule has 0 saturated heterocycles. The number of hydrogen-bond acceptors (Lipinski definition) is 2. The highest BCUT2D eigenvalue weighted by Crippen LogP contribution is 2.36. The number of esters is 1. The number of ether oxygens (including phenoxy) is 1. The Morgan fingerprint density at radius 1 is 1.40 bits per heavy atom. The van der Waals surface area contributed by atoms with Crippen molar-refractivity contribution >= 4 is 5.97 Å². The highest BCUT2D eigenvalue weighted by molar-refractivity contribution is 5.95. The number of benzene rings is 1. The van der Waals surface area contributed by atoms with Crippen molar-refractivity contribution in [2.24, 2.45) is 0 Å². The maximum atomic E-state index is 12.1. The number of aryl methyl sites for hydroxylation is 1. The molecular weight excluding hydrogens is 250 g/mol. The van der Waals surface area contributed by atoms with E-state index in [0.717, 1.165) is 29.8 Å². The van der Waals surface area contributed by atoms with Gasteiger partial charge in [0.1, 0.15) is 0 Å². The quantitative estimate of drug-likeness (QED) is 0.685. The summed E-state index contributed by atoms with van der Waals surface area (Å²) in [7, 11) is 1.43. The number of carbonyl (C=O) groups excluding carboxylic acids is 1. The van der Waals surface area contributed by atoms with Gasteiger partial charge in [0.05, 0.1) is 18.4 Å². The van der Waals surface area contributed by atoms with Crippen LogP contribution in [0, 0.1) is 0 Å². The summed E-state index contributed by atoms with van der Waals surface area (Å²) in [4.78, 5) is 15.5. The van der Waals surface area contributed by atoms with Gasteiger partial charge < -0.3 is 9.72 Å². The highest BCUT2D eigenvalue weighted by Gasteiger charge is 2.27. The average Bonchev–Trinajstić information content (AvgIpc) is 2.85. The lowest BCUT2D eigenvalue weighted by Gasteiger charge is -2.16. The third-order valence-electron chi connectivity index (χ3n) is 3.85. The fourth-order valence-electron chi connectivity index (χ4n) is 2.96. The fourth-order valence-corrected chi connectivity index (χ4v) is 2.96. The van der Waals surface area contributed by atoms with Crippen LogP contribution < -0.4 is 0 Å². The number of hydrogen-bond donors (Lipinski definition) is 1. The maximum Gasteiger partial charge on any atom is 0.340 e. The molecular formula is C17H17NO2. The molecule has 0 fully saturated rings. The van der Waals surface area contributed by atoms with Gasteiger partial charge in [-0.3, -0.25) is 0 Å². The second-order valence-electron chi connectivity index (χ2n) is 4.97. The number of aromatic amines is 1. The third kappa shape index (κ3) is 1.86. The zero-order chi connectivity index (χ0) is 14.1. The summed E-state index contributed by atoms with van der Waals surface area (Å²) in [5.41, 5.74) is 6.24. The van der Waals surface area contributed by atoms with E-state index in [1.54, 1.807) is 6.08 Å². The van der Waals surface area contributed by atoms with Crippen LogP contribution in [0.2, 0.25) is 0 Å². The van der Waals surface area contributed by atoms with Crippen LogP contribution in [-0.2, 0) is 24.0 Å². The van der Waals surface area contributed by atoms with E-state index >= 15 is 0 Å². The minimum atomic E-state index is -0.265. The molecule has 0 saturated carbocycles. The minimum absolute atomic E-state index is 0.265. The van der Waals surface area contributed by atoms with E-state index in [1.807, 2.05) is 6.07 Å². The summed E-state index contributed by atoms with van der Waals surface area (Å²) >= 11 is 0. The lowest BCUT2D eigenvalue weighted by Crippen LogP contribution is -2.09. The monoisotopic (exact) mass is 267 g/mol. The largest absolute Gasteiger partial charge is 0.465 e. The first-order valence-electron chi connectivity index (χ1n) is 6.77. The van der Waals surface area contributed by atoms with Crippen LogP contribution in [0.25, 0.3) is 11.3 Å². The van der Waals surface area contributed by atoms with E-state index in [4.69, 9.17) is 4.74 Å². The molecule has 0 amide bonds. The molecule has 102 valence electrons. The first kappa shape index (κ1) is 12.7. The van der Waals surface area contributed by atoms with Crippen LogP contribution in [0.1, 0.15) is 27.2 Å². The SMILES string of the molecule is C=CCc1[nH]c2c(c1C(=O)OC)CCc1ccccc1-2. The number of carbonyl (C=O) groups is 1. The van der Waals surface area contributed by atoms with E-state index in [-0.39, 0.29) is 5.97 Å².